The molecule has 0 saturated heterocycles. The summed E-state index contributed by atoms with van der Waals surface area (Å²) >= 11 is 13.6. The molecule has 0 unspecified atom stereocenters. The summed E-state index contributed by atoms with van der Waals surface area (Å²) in [5, 5.41) is 24.3. The lowest BCUT2D eigenvalue weighted by Gasteiger charge is -2.10. The first-order chi connectivity index (χ1) is 57.2. The minimum Gasteiger partial charge on any atom is -0.423 e. The zero-order valence-corrected chi connectivity index (χ0v) is 65.5. The van der Waals surface area contributed by atoms with E-state index in [9.17, 15) is 0 Å². The maximum absolute atomic E-state index is 8.58. The SMILES string of the molecule is Clc1nc(-c2cccc3c2sc2ccc(-c4nc(-c5ccccc5)nc(-c5cccc(-c6ccccc6)c5)n4)cc23)c2sc3ccccc3c2n1.OB(O)c1ccccc1.c1ccc(-c2cccc(-c3nc(-c4ccccc4)nc(-c4ccc5sc6c(-c7nc(-c8ccccc8)nc8c7sc7ccccc78)cccc6c5c4)n3)c2)cc1. The van der Waals surface area contributed by atoms with Crippen molar-refractivity contribution in [3.05, 3.63) is 357 Å². The Morgan fingerprint density at radius 1 is 0.216 bits per heavy atom. The molecule has 14 aromatic carbocycles. The van der Waals surface area contributed by atoms with Crippen molar-refractivity contribution in [2.24, 2.45) is 0 Å². The van der Waals surface area contributed by atoms with Crippen LogP contribution >= 0.6 is 56.9 Å². The normalized spacial score (nSPS) is 11.4. The second kappa shape index (κ2) is 31.1. The van der Waals surface area contributed by atoms with Crippen LogP contribution in [0.2, 0.25) is 5.28 Å². The van der Waals surface area contributed by atoms with Crippen molar-refractivity contribution >= 4 is 150 Å². The summed E-state index contributed by atoms with van der Waals surface area (Å²) in [4.78, 5) is 50.2. The smallest absolute Gasteiger partial charge is 0.423 e. The highest BCUT2D eigenvalue weighted by molar-refractivity contribution is 7.28. The van der Waals surface area contributed by atoms with Gasteiger partial charge < -0.3 is 10.0 Å². The predicted molar refractivity (Wildman–Crippen MR) is 483 cm³/mol. The van der Waals surface area contributed by atoms with Gasteiger partial charge in [-0.15, -0.1) is 45.3 Å². The number of benzene rings is 14. The molecule has 0 aliphatic rings. The number of thiophene rings is 4. The summed E-state index contributed by atoms with van der Waals surface area (Å²) in [5.41, 5.74) is 17.5. The minimum atomic E-state index is -1.34. The summed E-state index contributed by atoms with van der Waals surface area (Å²) in [6, 6.07) is 120. The van der Waals surface area contributed by atoms with Crippen LogP contribution in [0.1, 0.15) is 0 Å². The van der Waals surface area contributed by atoms with E-state index in [-0.39, 0.29) is 5.28 Å². The molecule has 0 amide bonds. The van der Waals surface area contributed by atoms with Gasteiger partial charge in [-0.1, -0.05) is 291 Å². The van der Waals surface area contributed by atoms with E-state index in [2.05, 4.69) is 229 Å². The summed E-state index contributed by atoms with van der Waals surface area (Å²) in [6.07, 6.45) is 0. The van der Waals surface area contributed by atoms with Crippen LogP contribution in [0, 0.1) is 0 Å². The third kappa shape index (κ3) is 14.0. The van der Waals surface area contributed by atoms with E-state index in [1.165, 1.54) is 24.2 Å². The van der Waals surface area contributed by atoms with Crippen LogP contribution in [0.15, 0.2) is 352 Å². The molecule has 2 N–H and O–H groups in total. The fourth-order valence-corrected chi connectivity index (χ4v) is 19.6. The predicted octanol–water partition coefficient (Wildman–Crippen LogP) is 25.2. The zero-order valence-electron chi connectivity index (χ0n) is 61.4. The lowest BCUT2D eigenvalue weighted by molar-refractivity contribution is 0.426. The average molecular weight is 1580 g/mol. The number of hydrogen-bond acceptors (Lipinski definition) is 16. The maximum Gasteiger partial charge on any atom is 0.488 e. The second-order valence-electron chi connectivity index (χ2n) is 27.7. The van der Waals surface area contributed by atoms with Gasteiger partial charge in [0.05, 0.1) is 31.8 Å². The molecule has 22 rings (SSSR count). The number of hydrogen-bond donors (Lipinski definition) is 2. The van der Waals surface area contributed by atoms with E-state index >= 15 is 0 Å². The third-order valence-electron chi connectivity index (χ3n) is 20.4. The van der Waals surface area contributed by atoms with Gasteiger partial charge in [-0.05, 0) is 100.0 Å². The van der Waals surface area contributed by atoms with Crippen LogP contribution in [0.3, 0.4) is 0 Å². The van der Waals surface area contributed by atoms with E-state index < -0.39 is 7.12 Å². The van der Waals surface area contributed by atoms with Crippen LogP contribution < -0.4 is 5.46 Å². The number of nitrogens with zero attached hydrogens (tertiary/aromatic N) is 10. The molecule has 18 heteroatoms. The largest absolute Gasteiger partial charge is 0.488 e. The molecule has 0 fully saturated rings. The van der Waals surface area contributed by atoms with Crippen molar-refractivity contribution in [2.45, 2.75) is 0 Å². The Morgan fingerprint density at radius 2 is 0.517 bits per heavy atom. The summed E-state index contributed by atoms with van der Waals surface area (Å²) in [7, 11) is -1.34. The van der Waals surface area contributed by atoms with E-state index in [4.69, 9.17) is 66.5 Å². The molecule has 0 atom stereocenters. The van der Waals surface area contributed by atoms with Gasteiger partial charge in [0.25, 0.3) is 0 Å². The Morgan fingerprint density at radius 3 is 0.931 bits per heavy atom. The summed E-state index contributed by atoms with van der Waals surface area (Å²) in [5.74, 6) is 4.51. The van der Waals surface area contributed by atoms with Crippen molar-refractivity contribution < 1.29 is 10.0 Å². The molecule has 8 aromatic heterocycles. The Labute approximate surface area is 686 Å². The van der Waals surface area contributed by atoms with Gasteiger partial charge in [0.2, 0.25) is 5.28 Å². The van der Waals surface area contributed by atoms with Gasteiger partial charge in [0, 0.05) is 111 Å². The van der Waals surface area contributed by atoms with Crippen LogP contribution in [0.25, 0.3) is 205 Å². The van der Waals surface area contributed by atoms with E-state index in [0.29, 0.717) is 40.4 Å². The number of fused-ring (bicyclic) bond motifs is 12. The molecule has 0 bridgehead atoms. The highest BCUT2D eigenvalue weighted by Gasteiger charge is 2.24. The van der Waals surface area contributed by atoms with Gasteiger partial charge in [-0.25, -0.2) is 49.8 Å². The highest BCUT2D eigenvalue weighted by atomic mass is 35.5. The fraction of sp³-hybridized carbons (Fsp3) is 0. The van der Waals surface area contributed by atoms with Gasteiger partial charge in [-0.2, -0.15) is 0 Å². The third-order valence-corrected chi connectivity index (χ3v) is 25.3. The van der Waals surface area contributed by atoms with Gasteiger partial charge in [-0.3, -0.25) is 0 Å². The van der Waals surface area contributed by atoms with Crippen molar-refractivity contribution in [3.63, 3.8) is 0 Å². The molecule has 548 valence electrons. The maximum atomic E-state index is 8.58. The van der Waals surface area contributed by atoms with Gasteiger partial charge >= 0.3 is 7.12 Å². The Kier molecular flexibility index (Phi) is 19.1. The van der Waals surface area contributed by atoms with Gasteiger partial charge in [0.1, 0.15) is 0 Å². The van der Waals surface area contributed by atoms with Crippen LogP contribution in [0.4, 0.5) is 0 Å². The molecule has 0 saturated carbocycles. The van der Waals surface area contributed by atoms with Crippen molar-refractivity contribution in [2.75, 3.05) is 0 Å². The first-order valence-corrected chi connectivity index (χ1v) is 41.2. The molecule has 12 nitrogen and oxygen atoms in total. The summed E-state index contributed by atoms with van der Waals surface area (Å²) in [6.45, 7) is 0. The van der Waals surface area contributed by atoms with Crippen molar-refractivity contribution in [1.82, 2.24) is 49.8 Å². The van der Waals surface area contributed by atoms with E-state index in [1.807, 2.05) is 103 Å². The van der Waals surface area contributed by atoms with Crippen LogP contribution in [-0.2, 0) is 0 Å². The standard InChI is InChI=1S/C49H29N5S2.C43H24ClN5S2.C6H7BO2/c1-4-14-30(15-5-1)33-20-12-21-34(28-33)48-52-47(32-18-8-3-9-19-32)53-49(54-48)35-26-27-41-39(29-35)36-23-13-24-38(44(36)55-41)43-45-42(37-22-10-11-25-40(37)56-45)50-46(51-43)31-16-6-2-7-17-31;44-43-45-36-31-17-7-8-20-34(31)51-39(36)37(46-43)32-19-10-18-30-33-24-29(21-22-35(33)50-38(30)32)42-48-40(26-13-5-2-6-14-26)47-41(49-42)28-16-9-15-27(23-28)25-11-3-1-4-12-25;8-7(9)6-4-2-1-3-5-6/h1-29H;1-24H;1-5,8-9H. The quantitative estimate of drug-likeness (QED) is 0.0878. The Balaban J connectivity index is 0.000000135. The zero-order chi connectivity index (χ0) is 77.6. The van der Waals surface area contributed by atoms with E-state index in [0.717, 1.165) is 146 Å². The average Bonchev–Trinajstić information content (AvgIpc) is 1.62. The molecule has 0 spiro atoms. The molecule has 8 heterocycles. The lowest BCUT2D eigenvalue weighted by atomic mass is 9.81. The molecule has 116 heavy (non-hydrogen) atoms. The molecule has 22 aromatic rings. The Bertz CT molecular complexity index is 7470. The molecular weight excluding hydrogens is 1520 g/mol. The molecule has 0 aliphatic heterocycles. The van der Waals surface area contributed by atoms with Crippen LogP contribution in [0.5, 0.6) is 0 Å². The first kappa shape index (κ1) is 71.5. The topological polar surface area (TPSA) is 169 Å². The second-order valence-corrected chi connectivity index (χ2v) is 32.2. The fourth-order valence-electron chi connectivity index (χ4n) is 14.7. The van der Waals surface area contributed by atoms with Crippen molar-refractivity contribution in [1.29, 1.82) is 0 Å². The minimum absolute atomic E-state index is 0.246. The summed E-state index contributed by atoms with van der Waals surface area (Å²) < 4.78 is 9.20. The molecular formula is C98H60BClN10O2S4. The Hall–Kier alpha value is -13.6. The first-order valence-electron chi connectivity index (χ1n) is 37.6. The van der Waals surface area contributed by atoms with Crippen LogP contribution in [-0.4, -0.2) is 67.0 Å². The van der Waals surface area contributed by atoms with E-state index in [1.54, 1.807) is 69.6 Å². The number of rotatable bonds is 12. The molecule has 0 radical (unpaired) electrons. The van der Waals surface area contributed by atoms with Crippen molar-refractivity contribution in [3.8, 4) is 124 Å². The molecule has 0 aliphatic carbocycles. The lowest BCUT2D eigenvalue weighted by Crippen LogP contribution is -2.29. The van der Waals surface area contributed by atoms with Gasteiger partial charge in [0.15, 0.2) is 40.8 Å². The number of aromatic nitrogens is 10. The number of halogens is 1. The highest BCUT2D eigenvalue weighted by Crippen LogP contribution is 2.48. The monoisotopic (exact) mass is 1580 g/mol.